The average molecular weight is 380 g/mol. The van der Waals surface area contributed by atoms with E-state index in [0.29, 0.717) is 23.8 Å². The van der Waals surface area contributed by atoms with Crippen LogP contribution < -0.4 is 11.1 Å². The highest BCUT2D eigenvalue weighted by Crippen LogP contribution is 2.23. The topological polar surface area (TPSA) is 88.3 Å². The van der Waals surface area contributed by atoms with Crippen LogP contribution >= 0.6 is 0 Å². The molecule has 148 valence electrons. The maximum atomic E-state index is 12.7. The second-order valence-electron chi connectivity index (χ2n) is 7.34. The van der Waals surface area contributed by atoms with Crippen molar-refractivity contribution >= 4 is 17.6 Å². The Morgan fingerprint density at radius 3 is 2.50 bits per heavy atom. The number of nitrogens with one attached hydrogen (secondary N) is 1. The number of carbonyl (C=O) groups excluding carboxylic acids is 2. The van der Waals surface area contributed by atoms with Crippen LogP contribution in [0.15, 0.2) is 48.7 Å². The largest absolute Gasteiger partial charge is 0.370 e. The summed E-state index contributed by atoms with van der Waals surface area (Å²) < 4.78 is 0. The molecule has 1 aliphatic rings. The fraction of sp³-hybridized carbons (Fsp3) is 0.409. The maximum Gasteiger partial charge on any atom is 0.255 e. The van der Waals surface area contributed by atoms with Gasteiger partial charge in [-0.15, -0.1) is 0 Å². The Morgan fingerprint density at radius 1 is 1.11 bits per heavy atom. The van der Waals surface area contributed by atoms with Crippen molar-refractivity contribution in [2.75, 3.05) is 25.0 Å². The van der Waals surface area contributed by atoms with Gasteiger partial charge in [-0.25, -0.2) is 4.98 Å². The van der Waals surface area contributed by atoms with Gasteiger partial charge in [0.05, 0.1) is 5.56 Å². The number of amides is 2. The summed E-state index contributed by atoms with van der Waals surface area (Å²) in [5, 5.41) is 3.02. The molecule has 2 aromatic rings. The summed E-state index contributed by atoms with van der Waals surface area (Å²) in [7, 11) is 0. The van der Waals surface area contributed by atoms with Crippen molar-refractivity contribution in [3.8, 4) is 0 Å². The first kappa shape index (κ1) is 19.9. The number of nitrogens with two attached hydrogens (primary N) is 1. The fourth-order valence-electron chi connectivity index (χ4n) is 3.56. The molecular weight excluding hydrogens is 352 g/mol. The minimum absolute atomic E-state index is 0.0395. The van der Waals surface area contributed by atoms with E-state index in [-0.39, 0.29) is 18.2 Å². The molecular formula is C22H28N4O2. The number of benzene rings is 1. The number of primary amides is 1. The molecule has 2 heterocycles. The van der Waals surface area contributed by atoms with Crippen LogP contribution in [0.3, 0.4) is 0 Å². The third-order valence-electron chi connectivity index (χ3n) is 5.27. The Bertz CT molecular complexity index is 769. The van der Waals surface area contributed by atoms with E-state index >= 15 is 0 Å². The van der Waals surface area contributed by atoms with E-state index in [2.05, 4.69) is 34.6 Å². The second-order valence-corrected chi connectivity index (χ2v) is 7.34. The normalized spacial score (nSPS) is 14.6. The number of nitrogens with zero attached hydrogens (tertiary/aromatic N) is 2. The average Bonchev–Trinajstić information content (AvgIpc) is 2.73. The fourth-order valence-corrected chi connectivity index (χ4v) is 3.56. The molecule has 0 spiro atoms. The highest BCUT2D eigenvalue weighted by atomic mass is 16.2. The molecule has 0 radical (unpaired) electrons. The molecule has 6 nitrogen and oxygen atoms in total. The number of piperidine rings is 1. The van der Waals surface area contributed by atoms with E-state index < -0.39 is 0 Å². The molecule has 6 heteroatoms. The van der Waals surface area contributed by atoms with Crippen molar-refractivity contribution in [3.05, 3.63) is 59.8 Å². The van der Waals surface area contributed by atoms with Crippen LogP contribution in [-0.4, -0.2) is 41.3 Å². The molecule has 0 aliphatic carbocycles. The van der Waals surface area contributed by atoms with Gasteiger partial charge in [0.1, 0.15) is 5.82 Å². The lowest BCUT2D eigenvalue weighted by Gasteiger charge is -2.32. The zero-order valence-electron chi connectivity index (χ0n) is 16.1. The summed E-state index contributed by atoms with van der Waals surface area (Å²) in [5.74, 6) is 1.00. The lowest BCUT2D eigenvalue weighted by Crippen LogP contribution is -2.38. The number of aryl methyl sites for hydroxylation is 1. The van der Waals surface area contributed by atoms with E-state index in [0.717, 1.165) is 32.4 Å². The van der Waals surface area contributed by atoms with Crippen molar-refractivity contribution in [1.82, 2.24) is 9.88 Å². The van der Waals surface area contributed by atoms with Gasteiger partial charge in [0.2, 0.25) is 5.91 Å². The van der Waals surface area contributed by atoms with Crippen LogP contribution in [0, 0.1) is 5.92 Å². The highest BCUT2D eigenvalue weighted by Gasteiger charge is 2.23. The molecule has 2 amide bonds. The number of hydrogen-bond donors (Lipinski definition) is 2. The smallest absolute Gasteiger partial charge is 0.255 e. The van der Waals surface area contributed by atoms with Crippen LogP contribution in [0.1, 0.15) is 41.6 Å². The third kappa shape index (κ3) is 5.81. The summed E-state index contributed by atoms with van der Waals surface area (Å²) in [4.78, 5) is 29.6. The maximum absolute atomic E-state index is 12.7. The molecule has 1 saturated heterocycles. The summed E-state index contributed by atoms with van der Waals surface area (Å²) >= 11 is 0. The Morgan fingerprint density at radius 2 is 1.86 bits per heavy atom. The van der Waals surface area contributed by atoms with E-state index in [1.165, 1.54) is 12.0 Å². The summed E-state index contributed by atoms with van der Waals surface area (Å²) in [6, 6.07) is 14.1. The summed E-state index contributed by atoms with van der Waals surface area (Å²) in [6.07, 6.45) is 6.24. The Labute approximate surface area is 166 Å². The summed E-state index contributed by atoms with van der Waals surface area (Å²) in [6.45, 7) is 2.04. The van der Waals surface area contributed by atoms with Crippen molar-refractivity contribution in [2.24, 2.45) is 11.7 Å². The van der Waals surface area contributed by atoms with Crippen molar-refractivity contribution in [3.63, 3.8) is 0 Å². The van der Waals surface area contributed by atoms with Gasteiger partial charge >= 0.3 is 0 Å². The first-order chi connectivity index (χ1) is 13.6. The molecule has 3 N–H and O–H groups in total. The number of pyridine rings is 1. The molecule has 1 aromatic carbocycles. The monoisotopic (exact) mass is 380 g/mol. The van der Waals surface area contributed by atoms with Gasteiger partial charge < -0.3 is 16.0 Å². The van der Waals surface area contributed by atoms with Gasteiger partial charge in [-0.2, -0.15) is 0 Å². The lowest BCUT2D eigenvalue weighted by atomic mass is 9.90. The number of anilines is 1. The molecule has 28 heavy (non-hydrogen) atoms. The first-order valence-corrected chi connectivity index (χ1v) is 9.93. The quantitative estimate of drug-likeness (QED) is 0.737. The molecule has 0 bridgehead atoms. The van der Waals surface area contributed by atoms with Crippen LogP contribution in [-0.2, 0) is 11.2 Å². The van der Waals surface area contributed by atoms with Gasteiger partial charge in [-0.3, -0.25) is 9.59 Å². The van der Waals surface area contributed by atoms with Crippen LogP contribution in [0.5, 0.6) is 0 Å². The minimum Gasteiger partial charge on any atom is -0.370 e. The molecule has 0 atom stereocenters. The number of aromatic nitrogens is 1. The SMILES string of the molecule is NC(=O)CCNc1ccc(C(=O)N2CCC(CCc3ccccc3)CC2)cn1. The molecule has 3 rings (SSSR count). The minimum atomic E-state index is -0.355. The zero-order chi connectivity index (χ0) is 19.8. The molecule has 0 saturated carbocycles. The van der Waals surface area contributed by atoms with Crippen LogP contribution in [0.25, 0.3) is 0 Å². The van der Waals surface area contributed by atoms with Gasteiger partial charge in [0.15, 0.2) is 0 Å². The van der Waals surface area contributed by atoms with Crippen LogP contribution in [0.2, 0.25) is 0 Å². The van der Waals surface area contributed by atoms with Gasteiger partial charge in [0, 0.05) is 32.3 Å². The predicted molar refractivity (Wildman–Crippen MR) is 110 cm³/mol. The summed E-state index contributed by atoms with van der Waals surface area (Å²) in [5.41, 5.74) is 7.10. The van der Waals surface area contributed by atoms with E-state index in [1.54, 1.807) is 18.3 Å². The zero-order valence-corrected chi connectivity index (χ0v) is 16.1. The van der Waals surface area contributed by atoms with Crippen molar-refractivity contribution in [1.29, 1.82) is 0 Å². The Hall–Kier alpha value is -2.89. The lowest BCUT2D eigenvalue weighted by molar-refractivity contribution is -0.117. The molecule has 1 aromatic heterocycles. The number of hydrogen-bond acceptors (Lipinski definition) is 4. The number of carbonyl (C=O) groups is 2. The molecule has 0 unspecified atom stereocenters. The molecule has 1 fully saturated rings. The second kappa shape index (κ2) is 9.88. The standard InChI is InChI=1S/C22H28N4O2/c23-20(27)10-13-24-21-9-8-19(16-25-21)22(28)26-14-11-18(12-15-26)7-6-17-4-2-1-3-5-17/h1-5,8-9,16,18H,6-7,10-15H2,(H2,23,27)(H,24,25). The highest BCUT2D eigenvalue weighted by molar-refractivity contribution is 5.94. The first-order valence-electron chi connectivity index (χ1n) is 9.93. The third-order valence-corrected chi connectivity index (χ3v) is 5.27. The molecule has 1 aliphatic heterocycles. The van der Waals surface area contributed by atoms with Crippen LogP contribution in [0.4, 0.5) is 5.82 Å². The van der Waals surface area contributed by atoms with Gasteiger partial charge in [0.25, 0.3) is 5.91 Å². The van der Waals surface area contributed by atoms with Gasteiger partial charge in [-0.1, -0.05) is 30.3 Å². The Balaban J connectivity index is 1.43. The van der Waals surface area contributed by atoms with E-state index in [4.69, 9.17) is 5.73 Å². The number of likely N-dealkylation sites (tertiary alicyclic amines) is 1. The predicted octanol–water partition coefficient (Wildman–Crippen LogP) is 2.85. The van der Waals surface area contributed by atoms with Crippen molar-refractivity contribution in [2.45, 2.75) is 32.1 Å². The van der Waals surface area contributed by atoms with Crippen molar-refractivity contribution < 1.29 is 9.59 Å². The van der Waals surface area contributed by atoms with E-state index in [1.807, 2.05) is 11.0 Å². The number of rotatable bonds is 8. The van der Waals surface area contributed by atoms with E-state index in [9.17, 15) is 9.59 Å². The Kier molecular flexibility index (Phi) is 7.00. The van der Waals surface area contributed by atoms with Gasteiger partial charge in [-0.05, 0) is 49.3 Å².